The van der Waals surface area contributed by atoms with Gasteiger partial charge in [0, 0.05) is 44.8 Å². The quantitative estimate of drug-likeness (QED) is 0.155. The Hall–Kier alpha value is -7.68. The predicted molar refractivity (Wildman–Crippen MR) is 289 cm³/mol. The molecular formula is C67H54N2. The standard InChI is InChI=1S/C67H54N2/c1-67(2)60-40-50(49-29-38-62-59(39-49)66-58-36-27-48-18-12-17-47-21-22-51(65(58)64(47)48)41-63(66)69(62)52-19-10-5-11-20-52)28-35-56(60)57-37-34-55(42-61(57)67)68(53-30-23-45(24-31-53)43-13-6-3-7-14-43)54-32-25-46(26-33-54)44-15-8-4-9-16-44/h3-17,19-20,23-26,28-35,37-40,42,48,51H,18,21-22,27,36,41H2,1-2H3. The van der Waals surface area contributed by atoms with Crippen molar-refractivity contribution in [3.05, 3.63) is 245 Å². The van der Waals surface area contributed by atoms with Crippen LogP contribution in [0.25, 0.3) is 66.7 Å². The highest BCUT2D eigenvalue weighted by Crippen LogP contribution is 2.57. The van der Waals surface area contributed by atoms with E-state index in [1.54, 1.807) is 22.3 Å². The van der Waals surface area contributed by atoms with E-state index >= 15 is 0 Å². The van der Waals surface area contributed by atoms with Crippen molar-refractivity contribution in [1.82, 2.24) is 4.57 Å². The van der Waals surface area contributed by atoms with Crippen molar-refractivity contribution < 1.29 is 0 Å². The fourth-order valence-electron chi connectivity index (χ4n) is 13.3. The molecule has 0 spiro atoms. The number of benzene rings is 8. The topological polar surface area (TPSA) is 8.17 Å². The average Bonchev–Trinajstić information content (AvgIpc) is 3.85. The molecule has 69 heavy (non-hydrogen) atoms. The third-order valence-electron chi connectivity index (χ3n) is 16.6. The summed E-state index contributed by atoms with van der Waals surface area (Å²) >= 11 is 0. The van der Waals surface area contributed by atoms with E-state index in [1.807, 2.05) is 0 Å². The molecule has 2 heteroatoms. The van der Waals surface area contributed by atoms with Crippen LogP contribution in [-0.4, -0.2) is 4.57 Å². The maximum atomic E-state index is 2.62. The van der Waals surface area contributed by atoms with Crippen LogP contribution in [0.15, 0.2) is 223 Å². The fourth-order valence-corrected chi connectivity index (χ4v) is 13.3. The third kappa shape index (κ3) is 6.38. The molecule has 1 heterocycles. The van der Waals surface area contributed by atoms with Gasteiger partial charge in [-0.2, -0.15) is 0 Å². The fraction of sp³-hybridized carbons (Fsp3) is 0.164. The summed E-state index contributed by atoms with van der Waals surface area (Å²) < 4.78 is 2.62. The summed E-state index contributed by atoms with van der Waals surface area (Å²) in [7, 11) is 0. The Bertz CT molecular complexity index is 3520. The monoisotopic (exact) mass is 886 g/mol. The molecule has 0 radical (unpaired) electrons. The summed E-state index contributed by atoms with van der Waals surface area (Å²) in [6.07, 6.45) is 12.2. The van der Waals surface area contributed by atoms with Gasteiger partial charge in [0.15, 0.2) is 0 Å². The molecule has 9 aromatic rings. The van der Waals surface area contributed by atoms with Gasteiger partial charge >= 0.3 is 0 Å². The Morgan fingerprint density at radius 1 is 0.493 bits per heavy atom. The molecule has 5 aliphatic rings. The number of anilines is 3. The molecule has 5 aliphatic carbocycles. The van der Waals surface area contributed by atoms with Crippen molar-refractivity contribution in [2.45, 2.75) is 57.8 Å². The second-order valence-electron chi connectivity index (χ2n) is 20.6. The van der Waals surface area contributed by atoms with E-state index in [0.29, 0.717) is 11.8 Å². The first-order valence-electron chi connectivity index (χ1n) is 25.2. The van der Waals surface area contributed by atoms with Crippen molar-refractivity contribution in [3.8, 4) is 50.2 Å². The summed E-state index contributed by atoms with van der Waals surface area (Å²) in [5.74, 6) is 1.31. The lowest BCUT2D eigenvalue weighted by atomic mass is 9.61. The highest BCUT2D eigenvalue weighted by molar-refractivity contribution is 6.01. The van der Waals surface area contributed by atoms with E-state index in [0.717, 1.165) is 23.5 Å². The zero-order chi connectivity index (χ0) is 45.8. The lowest BCUT2D eigenvalue weighted by Gasteiger charge is -2.43. The Morgan fingerprint density at radius 3 is 1.72 bits per heavy atom. The number of hydrogen-bond acceptors (Lipinski definition) is 1. The van der Waals surface area contributed by atoms with Gasteiger partial charge in [0.05, 0.1) is 5.52 Å². The molecule has 1 aromatic heterocycles. The minimum absolute atomic E-state index is 0.211. The SMILES string of the molecule is CC1(C)c2cc(-c3ccc4c(c3)c3c(n4-c4ccccc4)CC4CCC5=C6C4=C3CCC6CC=C5)ccc2-c2ccc(N(c3ccc(-c4ccccc4)cc3)c3ccc(-c4ccccc4)cc3)cc21. The molecule has 0 saturated heterocycles. The summed E-state index contributed by atoms with van der Waals surface area (Å²) in [5.41, 5.74) is 28.4. The lowest BCUT2D eigenvalue weighted by Crippen LogP contribution is -2.29. The third-order valence-corrected chi connectivity index (χ3v) is 16.6. The molecule has 0 bridgehead atoms. The smallest absolute Gasteiger partial charge is 0.0538 e. The van der Waals surface area contributed by atoms with E-state index in [9.17, 15) is 0 Å². The van der Waals surface area contributed by atoms with Crippen molar-refractivity contribution in [2.24, 2.45) is 11.8 Å². The second kappa shape index (κ2) is 15.7. The van der Waals surface area contributed by atoms with Gasteiger partial charge in [-0.25, -0.2) is 0 Å². The molecule has 0 aliphatic heterocycles. The highest BCUT2D eigenvalue weighted by atomic mass is 15.1. The van der Waals surface area contributed by atoms with Crippen molar-refractivity contribution >= 4 is 33.5 Å². The number of nitrogens with zero attached hydrogens (tertiary/aromatic N) is 2. The van der Waals surface area contributed by atoms with E-state index < -0.39 is 0 Å². The van der Waals surface area contributed by atoms with Crippen LogP contribution >= 0.6 is 0 Å². The first-order chi connectivity index (χ1) is 34.0. The molecule has 0 fully saturated rings. The number of fused-ring (bicyclic) bond motifs is 7. The highest BCUT2D eigenvalue weighted by Gasteiger charge is 2.42. The van der Waals surface area contributed by atoms with Crippen molar-refractivity contribution in [2.75, 3.05) is 4.90 Å². The zero-order valence-corrected chi connectivity index (χ0v) is 39.4. The second-order valence-corrected chi connectivity index (χ2v) is 20.6. The van der Waals surface area contributed by atoms with Gasteiger partial charge in [-0.1, -0.05) is 153 Å². The Labute approximate surface area is 406 Å². The zero-order valence-electron chi connectivity index (χ0n) is 39.4. The van der Waals surface area contributed by atoms with Gasteiger partial charge in [0.2, 0.25) is 0 Å². The van der Waals surface area contributed by atoms with Crippen LogP contribution in [0, 0.1) is 11.8 Å². The first kappa shape index (κ1) is 40.4. The van der Waals surface area contributed by atoms with Gasteiger partial charge < -0.3 is 9.47 Å². The van der Waals surface area contributed by atoms with Crippen LogP contribution < -0.4 is 4.90 Å². The number of aromatic nitrogens is 1. The van der Waals surface area contributed by atoms with Crippen LogP contribution in [0.5, 0.6) is 0 Å². The molecule has 332 valence electrons. The maximum Gasteiger partial charge on any atom is 0.0538 e. The largest absolute Gasteiger partial charge is 0.313 e. The van der Waals surface area contributed by atoms with Gasteiger partial charge in [0.1, 0.15) is 0 Å². The molecule has 0 saturated carbocycles. The van der Waals surface area contributed by atoms with Gasteiger partial charge in [-0.3, -0.25) is 0 Å². The Kier molecular flexibility index (Phi) is 9.18. The minimum atomic E-state index is -0.211. The Balaban J connectivity index is 0.862. The lowest BCUT2D eigenvalue weighted by molar-refractivity contribution is 0.457. The van der Waals surface area contributed by atoms with Gasteiger partial charge in [0.25, 0.3) is 0 Å². The van der Waals surface area contributed by atoms with Crippen LogP contribution in [0.4, 0.5) is 17.1 Å². The summed E-state index contributed by atoms with van der Waals surface area (Å²) in [5, 5.41) is 1.41. The molecular weight excluding hydrogens is 833 g/mol. The van der Waals surface area contributed by atoms with Crippen LogP contribution in [0.3, 0.4) is 0 Å². The molecule has 2 unspecified atom stereocenters. The molecule has 0 amide bonds. The Morgan fingerprint density at radius 2 is 1.04 bits per heavy atom. The maximum absolute atomic E-state index is 2.62. The molecule has 0 N–H and O–H groups in total. The number of rotatable bonds is 7. The summed E-state index contributed by atoms with van der Waals surface area (Å²) in [4.78, 5) is 2.42. The molecule has 2 nitrogen and oxygen atoms in total. The normalized spacial score (nSPS) is 18.2. The average molecular weight is 887 g/mol. The summed E-state index contributed by atoms with van der Waals surface area (Å²) in [6.45, 7) is 4.85. The number of allylic oxidation sites excluding steroid dienone is 6. The van der Waals surface area contributed by atoms with Crippen LogP contribution in [0.2, 0.25) is 0 Å². The van der Waals surface area contributed by atoms with E-state index in [1.165, 1.54) is 116 Å². The molecule has 2 atom stereocenters. The van der Waals surface area contributed by atoms with Crippen molar-refractivity contribution in [1.29, 1.82) is 0 Å². The van der Waals surface area contributed by atoms with Crippen molar-refractivity contribution in [3.63, 3.8) is 0 Å². The van der Waals surface area contributed by atoms with Crippen LogP contribution in [-0.2, 0) is 11.8 Å². The van der Waals surface area contributed by atoms with Gasteiger partial charge in [-0.05, 0) is 195 Å². The number of para-hydroxylation sites is 1. The molecule has 14 rings (SSSR count). The van der Waals surface area contributed by atoms with E-state index in [4.69, 9.17) is 0 Å². The van der Waals surface area contributed by atoms with E-state index in [2.05, 4.69) is 230 Å². The predicted octanol–water partition coefficient (Wildman–Crippen LogP) is 17.8. The van der Waals surface area contributed by atoms with Crippen LogP contribution in [0.1, 0.15) is 68.3 Å². The minimum Gasteiger partial charge on any atom is -0.313 e. The molecule has 8 aromatic carbocycles. The van der Waals surface area contributed by atoms with Gasteiger partial charge in [-0.15, -0.1) is 0 Å². The number of hydrogen-bond donors (Lipinski definition) is 0. The summed E-state index contributed by atoms with van der Waals surface area (Å²) in [6, 6.07) is 72.4. The van der Waals surface area contributed by atoms with E-state index in [-0.39, 0.29) is 5.41 Å². The first-order valence-corrected chi connectivity index (χ1v) is 25.2.